The minimum absolute atomic E-state index is 0.103. The van der Waals surface area contributed by atoms with Crippen molar-refractivity contribution in [3.05, 3.63) is 53.4 Å². The number of hydrogen-bond acceptors (Lipinski definition) is 4. The topological polar surface area (TPSA) is 75.3 Å². The van der Waals surface area contributed by atoms with E-state index in [4.69, 9.17) is 10.8 Å². The van der Waals surface area contributed by atoms with Crippen LogP contribution < -0.4 is 11.1 Å². The summed E-state index contributed by atoms with van der Waals surface area (Å²) in [6.07, 6.45) is 0. The van der Waals surface area contributed by atoms with Crippen molar-refractivity contribution in [1.29, 1.82) is 0 Å². The third kappa shape index (κ3) is 2.31. The van der Waals surface area contributed by atoms with Gasteiger partial charge in [-0.25, -0.2) is 4.79 Å². The molecule has 0 radical (unpaired) electrons. The van der Waals surface area contributed by atoms with E-state index in [-0.39, 0.29) is 11.3 Å². The van der Waals surface area contributed by atoms with Crippen LogP contribution in [0.3, 0.4) is 0 Å². The Morgan fingerprint density at radius 1 is 1.10 bits per heavy atom. The molecule has 0 saturated heterocycles. The van der Waals surface area contributed by atoms with Gasteiger partial charge in [-0.15, -0.1) is 11.3 Å². The maximum absolute atomic E-state index is 11.1. The summed E-state index contributed by atoms with van der Waals surface area (Å²) in [5.74, 6) is -1.03. The quantitative estimate of drug-likeness (QED) is 0.637. The number of thiophene rings is 1. The molecule has 20 heavy (non-hydrogen) atoms. The molecule has 5 heteroatoms. The standard InChI is InChI=1S/C15H12N2O2S/c16-13-3-1-11(8-12(13)15(18)19)17-10-2-4-14-9(7-10)5-6-20-14/h1-8,17H,16H2,(H,18,19). The first-order valence-corrected chi connectivity index (χ1v) is 6.88. The second-order valence-corrected chi connectivity index (χ2v) is 5.35. The Kier molecular flexibility index (Phi) is 3.04. The summed E-state index contributed by atoms with van der Waals surface area (Å²) in [6.45, 7) is 0. The van der Waals surface area contributed by atoms with Gasteiger partial charge in [0.15, 0.2) is 0 Å². The molecule has 0 saturated carbocycles. The first kappa shape index (κ1) is 12.5. The highest BCUT2D eigenvalue weighted by molar-refractivity contribution is 7.17. The van der Waals surface area contributed by atoms with Gasteiger partial charge in [0.1, 0.15) is 0 Å². The Labute approximate surface area is 119 Å². The molecule has 2 aromatic carbocycles. The highest BCUT2D eigenvalue weighted by atomic mass is 32.1. The van der Waals surface area contributed by atoms with Crippen molar-refractivity contribution in [3.8, 4) is 0 Å². The molecule has 3 rings (SSSR count). The van der Waals surface area contributed by atoms with Crippen molar-refractivity contribution in [2.75, 3.05) is 11.1 Å². The highest BCUT2D eigenvalue weighted by Gasteiger charge is 2.08. The van der Waals surface area contributed by atoms with Gasteiger partial charge in [0, 0.05) is 21.8 Å². The normalized spacial score (nSPS) is 10.6. The summed E-state index contributed by atoms with van der Waals surface area (Å²) in [4.78, 5) is 11.1. The van der Waals surface area contributed by atoms with Gasteiger partial charge >= 0.3 is 5.97 Å². The van der Waals surface area contributed by atoms with E-state index in [0.29, 0.717) is 5.69 Å². The smallest absolute Gasteiger partial charge is 0.337 e. The summed E-state index contributed by atoms with van der Waals surface area (Å²) in [5, 5.41) is 15.5. The fourth-order valence-corrected chi connectivity index (χ4v) is 2.80. The molecule has 0 amide bonds. The molecular weight excluding hydrogens is 272 g/mol. The Morgan fingerprint density at radius 3 is 2.65 bits per heavy atom. The summed E-state index contributed by atoms with van der Waals surface area (Å²) in [7, 11) is 0. The Bertz CT molecular complexity index is 795. The first-order valence-electron chi connectivity index (χ1n) is 6.00. The Hall–Kier alpha value is -2.53. The third-order valence-corrected chi connectivity index (χ3v) is 3.92. The molecule has 0 bridgehead atoms. The number of nitrogens with two attached hydrogens (primary N) is 1. The molecule has 0 atom stereocenters. The molecular formula is C15H12N2O2S. The molecule has 1 aromatic heterocycles. The lowest BCUT2D eigenvalue weighted by atomic mass is 10.1. The van der Waals surface area contributed by atoms with Crippen molar-refractivity contribution >= 4 is 44.5 Å². The van der Waals surface area contributed by atoms with E-state index in [1.165, 1.54) is 10.8 Å². The molecule has 1 heterocycles. The van der Waals surface area contributed by atoms with Crippen molar-refractivity contribution < 1.29 is 9.90 Å². The number of benzene rings is 2. The zero-order valence-corrected chi connectivity index (χ0v) is 11.3. The second-order valence-electron chi connectivity index (χ2n) is 4.41. The second kappa shape index (κ2) is 4.86. The van der Waals surface area contributed by atoms with E-state index in [1.807, 2.05) is 23.6 Å². The SMILES string of the molecule is Nc1ccc(Nc2ccc3sccc3c2)cc1C(=O)O. The number of carboxylic acid groups (broad SMARTS) is 1. The lowest BCUT2D eigenvalue weighted by molar-refractivity contribution is 0.0698. The van der Waals surface area contributed by atoms with Crippen LogP contribution in [0, 0.1) is 0 Å². The Morgan fingerprint density at radius 2 is 1.85 bits per heavy atom. The molecule has 0 aliphatic heterocycles. The number of anilines is 3. The van der Waals surface area contributed by atoms with Gasteiger partial charge in [0.05, 0.1) is 5.56 Å². The fourth-order valence-electron chi connectivity index (χ4n) is 2.03. The van der Waals surface area contributed by atoms with Gasteiger partial charge in [-0.3, -0.25) is 0 Å². The summed E-state index contributed by atoms with van der Waals surface area (Å²) >= 11 is 1.69. The number of nitrogen functional groups attached to an aromatic ring is 1. The van der Waals surface area contributed by atoms with E-state index in [0.717, 1.165) is 11.1 Å². The van der Waals surface area contributed by atoms with Crippen LogP contribution in [-0.2, 0) is 0 Å². The van der Waals surface area contributed by atoms with Crippen LogP contribution in [0.15, 0.2) is 47.8 Å². The van der Waals surface area contributed by atoms with Crippen molar-refractivity contribution in [2.45, 2.75) is 0 Å². The van der Waals surface area contributed by atoms with Crippen LogP contribution >= 0.6 is 11.3 Å². The fraction of sp³-hybridized carbons (Fsp3) is 0. The van der Waals surface area contributed by atoms with Crippen molar-refractivity contribution in [3.63, 3.8) is 0 Å². The lowest BCUT2D eigenvalue weighted by Crippen LogP contribution is -2.03. The number of aromatic carboxylic acids is 1. The van der Waals surface area contributed by atoms with E-state index >= 15 is 0 Å². The van der Waals surface area contributed by atoms with Crippen LogP contribution in [0.2, 0.25) is 0 Å². The van der Waals surface area contributed by atoms with Crippen LogP contribution in [0.4, 0.5) is 17.1 Å². The molecule has 4 N–H and O–H groups in total. The van der Waals surface area contributed by atoms with Crippen LogP contribution in [0.5, 0.6) is 0 Å². The third-order valence-electron chi connectivity index (χ3n) is 3.02. The van der Waals surface area contributed by atoms with Crippen LogP contribution in [0.25, 0.3) is 10.1 Å². The van der Waals surface area contributed by atoms with E-state index < -0.39 is 5.97 Å². The highest BCUT2D eigenvalue weighted by Crippen LogP contribution is 2.27. The molecule has 0 aliphatic rings. The molecule has 3 aromatic rings. The Balaban J connectivity index is 1.94. The molecule has 0 spiro atoms. The molecule has 100 valence electrons. The van der Waals surface area contributed by atoms with Crippen molar-refractivity contribution in [1.82, 2.24) is 0 Å². The van der Waals surface area contributed by atoms with Gasteiger partial charge < -0.3 is 16.2 Å². The summed E-state index contributed by atoms with van der Waals surface area (Å²) < 4.78 is 1.22. The van der Waals surface area contributed by atoms with Gasteiger partial charge in [-0.2, -0.15) is 0 Å². The monoisotopic (exact) mass is 284 g/mol. The number of nitrogens with one attached hydrogen (secondary N) is 1. The minimum Gasteiger partial charge on any atom is -0.478 e. The number of fused-ring (bicyclic) bond motifs is 1. The largest absolute Gasteiger partial charge is 0.478 e. The van der Waals surface area contributed by atoms with Gasteiger partial charge in [0.25, 0.3) is 0 Å². The van der Waals surface area contributed by atoms with E-state index in [9.17, 15) is 4.79 Å². The zero-order chi connectivity index (χ0) is 14.1. The lowest BCUT2D eigenvalue weighted by Gasteiger charge is -2.09. The number of rotatable bonds is 3. The van der Waals surface area contributed by atoms with E-state index in [1.54, 1.807) is 23.5 Å². The van der Waals surface area contributed by atoms with Gasteiger partial charge in [0.2, 0.25) is 0 Å². The van der Waals surface area contributed by atoms with E-state index in [2.05, 4.69) is 11.4 Å². The molecule has 4 nitrogen and oxygen atoms in total. The number of carboxylic acids is 1. The maximum Gasteiger partial charge on any atom is 0.337 e. The minimum atomic E-state index is -1.03. The average molecular weight is 284 g/mol. The predicted molar refractivity (Wildman–Crippen MR) is 82.9 cm³/mol. The zero-order valence-electron chi connectivity index (χ0n) is 10.5. The molecule has 0 unspecified atom stereocenters. The molecule has 0 aliphatic carbocycles. The summed E-state index contributed by atoms with van der Waals surface area (Å²) in [6, 6.07) is 13.0. The average Bonchev–Trinajstić information content (AvgIpc) is 2.88. The van der Waals surface area contributed by atoms with Crippen molar-refractivity contribution in [2.24, 2.45) is 0 Å². The van der Waals surface area contributed by atoms with Gasteiger partial charge in [-0.05, 0) is 53.2 Å². The maximum atomic E-state index is 11.1. The number of carbonyl (C=O) groups is 1. The molecule has 0 fully saturated rings. The summed E-state index contributed by atoms with van der Waals surface area (Å²) in [5.41, 5.74) is 7.61. The first-order chi connectivity index (χ1) is 9.63. The predicted octanol–water partition coefficient (Wildman–Crippen LogP) is 3.93. The van der Waals surface area contributed by atoms with Crippen LogP contribution in [0.1, 0.15) is 10.4 Å². The van der Waals surface area contributed by atoms with Gasteiger partial charge in [-0.1, -0.05) is 0 Å². The number of hydrogen-bond donors (Lipinski definition) is 3. The van der Waals surface area contributed by atoms with Crippen LogP contribution in [-0.4, -0.2) is 11.1 Å².